The second kappa shape index (κ2) is 7.98. The molecule has 2 aromatic rings. The molecule has 0 bridgehead atoms. The van der Waals surface area contributed by atoms with Gasteiger partial charge in [-0.25, -0.2) is 4.98 Å². The third-order valence-electron chi connectivity index (χ3n) is 2.77. The van der Waals surface area contributed by atoms with E-state index in [4.69, 9.17) is 10.4 Å². The Morgan fingerprint density at radius 2 is 1.95 bits per heavy atom. The lowest BCUT2D eigenvalue weighted by Gasteiger charge is -2.05. The van der Waals surface area contributed by atoms with Crippen molar-refractivity contribution < 1.29 is 0 Å². The van der Waals surface area contributed by atoms with E-state index in [1.165, 1.54) is 10.9 Å². The number of aromatic nitrogens is 1. The number of hydrogen-bond acceptors (Lipinski definition) is 2. The highest BCUT2D eigenvalue weighted by Gasteiger charge is 2.01. The highest BCUT2D eigenvalue weighted by molar-refractivity contribution is 5.80. The summed E-state index contributed by atoms with van der Waals surface area (Å²) in [6.45, 7) is 6.68. The quantitative estimate of drug-likeness (QED) is 0.626. The molecule has 0 atom stereocenters. The van der Waals surface area contributed by atoms with Gasteiger partial charge in [0.2, 0.25) is 0 Å². The number of nitrogens with one attached hydrogen (secondary N) is 1. The molecule has 0 radical (unpaired) electrons. The molecule has 2 nitrogen and oxygen atoms in total. The lowest BCUT2D eigenvalue weighted by atomic mass is 10.1. The van der Waals surface area contributed by atoms with Crippen LogP contribution in [0.4, 0.5) is 0 Å². The van der Waals surface area contributed by atoms with Crippen molar-refractivity contribution in [3.63, 3.8) is 0 Å². The van der Waals surface area contributed by atoms with E-state index in [1.54, 1.807) is 0 Å². The van der Waals surface area contributed by atoms with Crippen LogP contribution in [0.3, 0.4) is 0 Å². The molecule has 1 aromatic carbocycles. The van der Waals surface area contributed by atoms with E-state index in [0.717, 1.165) is 17.6 Å². The third-order valence-corrected chi connectivity index (χ3v) is 2.77. The fourth-order valence-corrected chi connectivity index (χ4v) is 1.86. The SMILES string of the molecule is C/C=C\C=C\c1nc2ccccc2cc1CC.C=N. The smallest absolute Gasteiger partial charge is 0.0709 e. The number of hydrogen-bond donors (Lipinski definition) is 1. The van der Waals surface area contributed by atoms with Crippen molar-refractivity contribution in [2.75, 3.05) is 0 Å². The number of fused-ring (bicyclic) bond motifs is 1. The normalized spacial score (nSPS) is 10.8. The molecule has 0 amide bonds. The number of para-hydroxylation sites is 1. The minimum Gasteiger partial charge on any atom is -0.317 e. The van der Waals surface area contributed by atoms with Gasteiger partial charge in [0.25, 0.3) is 0 Å². The fraction of sp³-hybridized carbons (Fsp3) is 0.176. The van der Waals surface area contributed by atoms with Crippen molar-refractivity contribution in [1.82, 2.24) is 4.98 Å². The second-order valence-electron chi connectivity index (χ2n) is 3.96. The Kier molecular flexibility index (Phi) is 6.23. The standard InChI is InChI=1S/C16H17N.CH3N/c1-3-5-6-10-15-13(4-2)12-14-9-7-8-11-16(14)17-15;1-2/h3,5-12H,4H2,1-2H3;2H,1H2/b5-3-,10-6+;. The lowest BCUT2D eigenvalue weighted by Crippen LogP contribution is -1.92. The molecular formula is C17H20N2. The zero-order chi connectivity index (χ0) is 14.1. The molecule has 19 heavy (non-hydrogen) atoms. The van der Waals surface area contributed by atoms with Gasteiger partial charge in [0.05, 0.1) is 11.2 Å². The van der Waals surface area contributed by atoms with Crippen molar-refractivity contribution in [2.45, 2.75) is 20.3 Å². The number of pyridine rings is 1. The molecule has 0 aliphatic heterocycles. The monoisotopic (exact) mass is 252 g/mol. The molecule has 0 fully saturated rings. The topological polar surface area (TPSA) is 36.7 Å². The van der Waals surface area contributed by atoms with Crippen LogP contribution in [0.15, 0.2) is 48.6 Å². The van der Waals surface area contributed by atoms with E-state index in [2.05, 4.69) is 44.0 Å². The maximum atomic E-state index is 5.50. The first-order valence-corrected chi connectivity index (χ1v) is 6.38. The number of allylic oxidation sites excluding steroid dienone is 3. The summed E-state index contributed by atoms with van der Waals surface area (Å²) < 4.78 is 0. The minimum absolute atomic E-state index is 1.01. The minimum atomic E-state index is 1.01. The molecule has 0 aliphatic rings. The zero-order valence-corrected chi connectivity index (χ0v) is 11.6. The average molecular weight is 252 g/mol. The van der Waals surface area contributed by atoms with Gasteiger partial charge in [-0.05, 0) is 43.8 Å². The van der Waals surface area contributed by atoms with Gasteiger partial charge in [0.15, 0.2) is 0 Å². The Labute approximate surface area is 115 Å². The maximum absolute atomic E-state index is 5.50. The first-order chi connectivity index (χ1) is 9.35. The Balaban J connectivity index is 0.000000861. The summed E-state index contributed by atoms with van der Waals surface area (Å²) in [5.41, 5.74) is 3.43. The summed E-state index contributed by atoms with van der Waals surface area (Å²) in [6.07, 6.45) is 9.16. The summed E-state index contributed by atoms with van der Waals surface area (Å²) in [7, 11) is 0. The number of benzene rings is 1. The Morgan fingerprint density at radius 1 is 1.21 bits per heavy atom. The van der Waals surface area contributed by atoms with Crippen molar-refractivity contribution in [3.8, 4) is 0 Å². The third kappa shape index (κ3) is 3.88. The number of nitrogens with zero attached hydrogens (tertiary/aromatic N) is 1. The fourth-order valence-electron chi connectivity index (χ4n) is 1.86. The zero-order valence-electron chi connectivity index (χ0n) is 11.6. The van der Waals surface area contributed by atoms with Gasteiger partial charge in [-0.2, -0.15) is 0 Å². The van der Waals surface area contributed by atoms with Crippen LogP contribution < -0.4 is 0 Å². The predicted molar refractivity (Wildman–Crippen MR) is 84.8 cm³/mol. The molecule has 2 rings (SSSR count). The first kappa shape index (κ1) is 14.8. The summed E-state index contributed by atoms with van der Waals surface area (Å²) >= 11 is 0. The molecule has 0 spiro atoms. The van der Waals surface area contributed by atoms with Crippen molar-refractivity contribution in [1.29, 1.82) is 5.41 Å². The molecule has 0 saturated heterocycles. The van der Waals surface area contributed by atoms with Gasteiger partial charge in [0, 0.05) is 5.39 Å². The Bertz CT molecular complexity index is 583. The molecule has 0 unspecified atom stereocenters. The van der Waals surface area contributed by atoms with E-state index < -0.39 is 0 Å². The predicted octanol–water partition coefficient (Wildman–Crippen LogP) is 4.65. The average Bonchev–Trinajstić information content (AvgIpc) is 2.49. The van der Waals surface area contributed by atoms with Crippen LogP contribution in [-0.4, -0.2) is 11.7 Å². The molecule has 2 heteroatoms. The largest absolute Gasteiger partial charge is 0.317 e. The van der Waals surface area contributed by atoms with Crippen molar-refractivity contribution >= 4 is 23.7 Å². The van der Waals surface area contributed by atoms with Crippen LogP contribution in [-0.2, 0) is 6.42 Å². The molecule has 1 aromatic heterocycles. The molecule has 1 heterocycles. The van der Waals surface area contributed by atoms with E-state index in [0.29, 0.717) is 0 Å². The molecule has 98 valence electrons. The van der Waals surface area contributed by atoms with Gasteiger partial charge < -0.3 is 5.41 Å². The van der Waals surface area contributed by atoms with Gasteiger partial charge in [-0.3, -0.25) is 0 Å². The number of rotatable bonds is 3. The van der Waals surface area contributed by atoms with Crippen LogP contribution in [0.25, 0.3) is 17.0 Å². The Hall–Kier alpha value is -2.22. The Morgan fingerprint density at radius 3 is 2.63 bits per heavy atom. The molecule has 1 N–H and O–H groups in total. The summed E-state index contributed by atoms with van der Waals surface area (Å²) in [5, 5.41) is 6.72. The highest BCUT2D eigenvalue weighted by atomic mass is 14.7. The van der Waals surface area contributed by atoms with E-state index >= 15 is 0 Å². The van der Waals surface area contributed by atoms with Gasteiger partial charge >= 0.3 is 0 Å². The number of aryl methyl sites for hydroxylation is 1. The van der Waals surface area contributed by atoms with Gasteiger partial charge in [0.1, 0.15) is 0 Å². The highest BCUT2D eigenvalue weighted by Crippen LogP contribution is 2.18. The molecule has 0 saturated carbocycles. The second-order valence-corrected chi connectivity index (χ2v) is 3.96. The van der Waals surface area contributed by atoms with E-state index in [9.17, 15) is 0 Å². The van der Waals surface area contributed by atoms with Crippen LogP contribution in [0.1, 0.15) is 25.1 Å². The molecular weight excluding hydrogens is 232 g/mol. The molecule has 0 aliphatic carbocycles. The summed E-state index contributed by atoms with van der Waals surface area (Å²) in [5.74, 6) is 0. The summed E-state index contributed by atoms with van der Waals surface area (Å²) in [6, 6.07) is 10.5. The first-order valence-electron chi connectivity index (χ1n) is 6.38. The maximum Gasteiger partial charge on any atom is 0.0709 e. The van der Waals surface area contributed by atoms with Crippen LogP contribution >= 0.6 is 0 Å². The summed E-state index contributed by atoms with van der Waals surface area (Å²) in [4.78, 5) is 4.70. The van der Waals surface area contributed by atoms with E-state index in [-0.39, 0.29) is 0 Å². The van der Waals surface area contributed by atoms with Crippen LogP contribution in [0.5, 0.6) is 0 Å². The lowest BCUT2D eigenvalue weighted by molar-refractivity contribution is 1.11. The van der Waals surface area contributed by atoms with E-state index in [1.807, 2.05) is 31.2 Å². The van der Waals surface area contributed by atoms with Gasteiger partial charge in [-0.1, -0.05) is 43.4 Å². The van der Waals surface area contributed by atoms with Crippen molar-refractivity contribution in [3.05, 3.63) is 59.8 Å². The van der Waals surface area contributed by atoms with Crippen molar-refractivity contribution in [2.24, 2.45) is 0 Å². The van der Waals surface area contributed by atoms with Crippen LogP contribution in [0, 0.1) is 5.41 Å². The van der Waals surface area contributed by atoms with Crippen LogP contribution in [0.2, 0.25) is 0 Å². The van der Waals surface area contributed by atoms with Gasteiger partial charge in [-0.15, -0.1) is 0 Å².